The Morgan fingerprint density at radius 1 is 1.25 bits per heavy atom. The van der Waals surface area contributed by atoms with Crippen molar-refractivity contribution in [2.45, 2.75) is 44.6 Å². The number of rotatable bonds is 4. The van der Waals surface area contributed by atoms with E-state index in [2.05, 4.69) is 16.0 Å². The molecule has 1 aromatic heterocycles. The summed E-state index contributed by atoms with van der Waals surface area (Å²) in [4.78, 5) is 38.9. The molecule has 130 valence electrons. The maximum atomic E-state index is 12.4. The Morgan fingerprint density at radius 2 is 2.04 bits per heavy atom. The van der Waals surface area contributed by atoms with Gasteiger partial charge in [0.1, 0.15) is 6.04 Å². The molecule has 0 radical (unpaired) electrons. The van der Waals surface area contributed by atoms with Crippen molar-refractivity contribution in [2.75, 3.05) is 20.1 Å². The first-order valence-corrected chi connectivity index (χ1v) is 9.38. The number of nitrogens with zero attached hydrogens (tertiary/aromatic N) is 1. The number of amides is 3. The number of carbonyl (C=O) groups excluding carboxylic acids is 3. The van der Waals surface area contributed by atoms with Crippen molar-refractivity contribution in [3.05, 3.63) is 21.4 Å². The zero-order chi connectivity index (χ0) is 17.1. The minimum Gasteiger partial charge on any atom is -0.357 e. The number of likely N-dealkylation sites (tertiary alicyclic amines) is 1. The predicted octanol–water partition coefficient (Wildman–Crippen LogP) is 1.09. The van der Waals surface area contributed by atoms with Crippen molar-refractivity contribution in [1.29, 1.82) is 0 Å². The highest BCUT2D eigenvalue weighted by atomic mass is 32.1. The van der Waals surface area contributed by atoms with Crippen LogP contribution in [-0.4, -0.2) is 48.8 Å². The first-order valence-electron chi connectivity index (χ1n) is 8.50. The molecule has 2 heterocycles. The van der Waals surface area contributed by atoms with Gasteiger partial charge in [-0.25, -0.2) is 0 Å². The first kappa shape index (κ1) is 17.0. The van der Waals surface area contributed by atoms with E-state index in [4.69, 9.17) is 0 Å². The number of nitrogens with one attached hydrogen (secondary N) is 2. The topological polar surface area (TPSA) is 78.5 Å². The average Bonchev–Trinajstić information content (AvgIpc) is 3.25. The number of aryl methyl sites for hydroxylation is 1. The third-order valence-corrected chi connectivity index (χ3v) is 5.90. The second-order valence-electron chi connectivity index (χ2n) is 6.32. The van der Waals surface area contributed by atoms with Crippen LogP contribution in [0.3, 0.4) is 0 Å². The van der Waals surface area contributed by atoms with Gasteiger partial charge >= 0.3 is 0 Å². The van der Waals surface area contributed by atoms with Gasteiger partial charge in [0, 0.05) is 13.6 Å². The van der Waals surface area contributed by atoms with Crippen molar-refractivity contribution >= 4 is 29.1 Å². The SMILES string of the molecule is CNC(=O)C1CCCN1C(=O)CNC(=O)c1scc2c1CCCC2. The second kappa shape index (κ2) is 7.34. The van der Waals surface area contributed by atoms with Gasteiger partial charge in [-0.05, 0) is 55.0 Å². The van der Waals surface area contributed by atoms with Crippen LogP contribution in [0.5, 0.6) is 0 Å². The number of carbonyl (C=O) groups is 3. The monoisotopic (exact) mass is 349 g/mol. The second-order valence-corrected chi connectivity index (χ2v) is 7.20. The molecule has 0 aromatic carbocycles. The highest BCUT2D eigenvalue weighted by molar-refractivity contribution is 7.12. The molecular formula is C17H23N3O3S. The molecule has 2 aliphatic rings. The van der Waals surface area contributed by atoms with Gasteiger partial charge < -0.3 is 15.5 Å². The molecular weight excluding hydrogens is 326 g/mol. The molecule has 0 saturated carbocycles. The zero-order valence-electron chi connectivity index (χ0n) is 13.9. The highest BCUT2D eigenvalue weighted by Crippen LogP contribution is 2.29. The number of hydrogen-bond acceptors (Lipinski definition) is 4. The van der Waals surface area contributed by atoms with E-state index in [1.165, 1.54) is 23.3 Å². The zero-order valence-corrected chi connectivity index (χ0v) is 14.7. The molecule has 1 aromatic rings. The van der Waals surface area contributed by atoms with Crippen molar-refractivity contribution < 1.29 is 14.4 Å². The van der Waals surface area contributed by atoms with Gasteiger partial charge in [0.05, 0.1) is 11.4 Å². The van der Waals surface area contributed by atoms with Crippen molar-refractivity contribution in [2.24, 2.45) is 0 Å². The van der Waals surface area contributed by atoms with Gasteiger partial charge in [-0.15, -0.1) is 11.3 Å². The third-order valence-electron chi connectivity index (χ3n) is 4.83. The van der Waals surface area contributed by atoms with Gasteiger partial charge in [0.15, 0.2) is 0 Å². The molecule has 3 amide bonds. The predicted molar refractivity (Wildman–Crippen MR) is 92.1 cm³/mol. The molecule has 6 nitrogen and oxygen atoms in total. The summed E-state index contributed by atoms with van der Waals surface area (Å²) in [7, 11) is 1.57. The number of hydrogen-bond donors (Lipinski definition) is 2. The summed E-state index contributed by atoms with van der Waals surface area (Å²) >= 11 is 1.47. The maximum Gasteiger partial charge on any atom is 0.262 e. The quantitative estimate of drug-likeness (QED) is 0.854. The van der Waals surface area contributed by atoms with E-state index >= 15 is 0 Å². The molecule has 1 aliphatic heterocycles. The molecule has 1 aliphatic carbocycles. The number of likely N-dealkylation sites (N-methyl/N-ethyl adjacent to an activating group) is 1. The molecule has 3 rings (SSSR count). The Balaban J connectivity index is 1.59. The highest BCUT2D eigenvalue weighted by Gasteiger charge is 2.33. The fourth-order valence-corrected chi connectivity index (χ4v) is 4.63. The number of thiophene rings is 1. The smallest absolute Gasteiger partial charge is 0.262 e. The minimum absolute atomic E-state index is 0.0565. The summed E-state index contributed by atoms with van der Waals surface area (Å²) in [6.07, 6.45) is 5.78. The number of fused-ring (bicyclic) bond motifs is 1. The Morgan fingerprint density at radius 3 is 2.83 bits per heavy atom. The van der Waals surface area contributed by atoms with Gasteiger partial charge in [0.25, 0.3) is 5.91 Å². The van der Waals surface area contributed by atoms with Crippen LogP contribution < -0.4 is 10.6 Å². The van der Waals surface area contributed by atoms with Gasteiger partial charge in [-0.1, -0.05) is 0 Å². The van der Waals surface area contributed by atoms with Crippen LogP contribution in [0.4, 0.5) is 0 Å². The van der Waals surface area contributed by atoms with Crippen LogP contribution in [0.25, 0.3) is 0 Å². The fraction of sp³-hybridized carbons (Fsp3) is 0.588. The minimum atomic E-state index is -0.408. The summed E-state index contributed by atoms with van der Waals surface area (Å²) in [5.74, 6) is -0.508. The molecule has 2 N–H and O–H groups in total. The molecule has 24 heavy (non-hydrogen) atoms. The van der Waals surface area contributed by atoms with Crippen LogP contribution in [-0.2, 0) is 22.4 Å². The third kappa shape index (κ3) is 3.31. The molecule has 1 fully saturated rings. The lowest BCUT2D eigenvalue weighted by molar-refractivity contribution is -0.137. The molecule has 7 heteroatoms. The van der Waals surface area contributed by atoms with E-state index in [1.807, 2.05) is 0 Å². The fourth-order valence-electron chi connectivity index (χ4n) is 3.55. The lowest BCUT2D eigenvalue weighted by Gasteiger charge is -2.23. The Hall–Kier alpha value is -1.89. The Labute approximate surface area is 145 Å². The van der Waals surface area contributed by atoms with Crippen molar-refractivity contribution in [3.8, 4) is 0 Å². The summed E-state index contributed by atoms with van der Waals surface area (Å²) in [5.41, 5.74) is 2.43. The van der Waals surface area contributed by atoms with E-state index < -0.39 is 6.04 Å². The molecule has 0 spiro atoms. The summed E-state index contributed by atoms with van der Waals surface area (Å²) < 4.78 is 0. The van der Waals surface area contributed by atoms with Crippen LogP contribution in [0.2, 0.25) is 0 Å². The molecule has 1 atom stereocenters. The lowest BCUT2D eigenvalue weighted by Crippen LogP contribution is -2.48. The van der Waals surface area contributed by atoms with E-state index in [-0.39, 0.29) is 24.3 Å². The van der Waals surface area contributed by atoms with Crippen molar-refractivity contribution in [1.82, 2.24) is 15.5 Å². The van der Waals surface area contributed by atoms with Crippen LogP contribution in [0.15, 0.2) is 5.38 Å². The van der Waals surface area contributed by atoms with E-state index in [0.717, 1.165) is 36.1 Å². The van der Waals surface area contributed by atoms with Gasteiger partial charge in [-0.3, -0.25) is 14.4 Å². The normalized spacial score (nSPS) is 19.7. The molecule has 1 saturated heterocycles. The largest absolute Gasteiger partial charge is 0.357 e. The van der Waals surface area contributed by atoms with E-state index in [0.29, 0.717) is 13.0 Å². The molecule has 0 bridgehead atoms. The van der Waals surface area contributed by atoms with Gasteiger partial charge in [0.2, 0.25) is 11.8 Å². The summed E-state index contributed by atoms with van der Waals surface area (Å²) in [6, 6.07) is -0.408. The van der Waals surface area contributed by atoms with Gasteiger partial charge in [-0.2, -0.15) is 0 Å². The standard InChI is InChI=1S/C17H23N3O3S/c1-18-16(22)13-7-4-8-20(13)14(21)9-19-17(23)15-12-6-3-2-5-11(12)10-24-15/h10,13H,2-9H2,1H3,(H,18,22)(H,19,23). The lowest BCUT2D eigenvalue weighted by atomic mass is 9.94. The van der Waals surface area contributed by atoms with E-state index in [9.17, 15) is 14.4 Å². The maximum absolute atomic E-state index is 12.4. The van der Waals surface area contributed by atoms with E-state index in [1.54, 1.807) is 11.9 Å². The van der Waals surface area contributed by atoms with Crippen LogP contribution in [0, 0.1) is 0 Å². The Bertz CT molecular complexity index is 656. The average molecular weight is 349 g/mol. The first-order chi connectivity index (χ1) is 11.6. The summed E-state index contributed by atoms with van der Waals surface area (Å²) in [6.45, 7) is 0.514. The van der Waals surface area contributed by atoms with Crippen LogP contribution >= 0.6 is 11.3 Å². The Kier molecular flexibility index (Phi) is 5.18. The van der Waals surface area contributed by atoms with Crippen LogP contribution in [0.1, 0.15) is 46.5 Å². The summed E-state index contributed by atoms with van der Waals surface area (Å²) in [5, 5.41) is 7.40. The van der Waals surface area contributed by atoms with Crippen molar-refractivity contribution in [3.63, 3.8) is 0 Å². The molecule has 1 unspecified atom stereocenters.